The maximum Gasteiger partial charge on any atom is -0.00259 e. The summed E-state index contributed by atoms with van der Waals surface area (Å²) in [7, 11) is 0. The average molecular weight is 168 g/mol. The molecule has 0 aromatic carbocycles. The van der Waals surface area contributed by atoms with Crippen LogP contribution in [0.2, 0.25) is 0 Å². The summed E-state index contributed by atoms with van der Waals surface area (Å²) >= 11 is 2.02. The van der Waals surface area contributed by atoms with Gasteiger partial charge in [-0.25, -0.2) is 0 Å². The summed E-state index contributed by atoms with van der Waals surface area (Å²) in [5.74, 6) is 1.28. The van der Waals surface area contributed by atoms with E-state index in [4.69, 9.17) is 0 Å². The first-order valence-corrected chi connectivity index (χ1v) is 5.30. The van der Waals surface area contributed by atoms with E-state index < -0.39 is 0 Å². The highest BCUT2D eigenvalue weighted by molar-refractivity contribution is 8.03. The maximum atomic E-state index is 2.28. The Kier molecular flexibility index (Phi) is 3.78. The second kappa shape index (κ2) is 4.66. The molecule has 0 nitrogen and oxygen atoms in total. The highest BCUT2D eigenvalue weighted by Gasteiger charge is 2.02. The van der Waals surface area contributed by atoms with Gasteiger partial charge in [-0.05, 0) is 36.8 Å². The maximum absolute atomic E-state index is 2.28. The van der Waals surface area contributed by atoms with Crippen LogP contribution in [0.4, 0.5) is 0 Å². The topological polar surface area (TPSA) is 0 Å². The largest absolute Gasteiger partial charge is 0.131 e. The van der Waals surface area contributed by atoms with Crippen molar-refractivity contribution in [1.82, 2.24) is 0 Å². The third-order valence-electron chi connectivity index (χ3n) is 1.81. The Hall–Kier alpha value is -0.170. The Labute approximate surface area is 73.8 Å². The quantitative estimate of drug-likeness (QED) is 0.618. The molecule has 0 amide bonds. The van der Waals surface area contributed by atoms with E-state index in [1.807, 2.05) is 11.8 Å². The molecule has 0 bridgehead atoms. The van der Waals surface area contributed by atoms with Gasteiger partial charge < -0.3 is 0 Å². The number of hydrogen-bond acceptors (Lipinski definition) is 1. The van der Waals surface area contributed by atoms with Crippen LogP contribution in [0, 0.1) is 0 Å². The van der Waals surface area contributed by atoms with E-state index in [-0.39, 0.29) is 0 Å². The van der Waals surface area contributed by atoms with Gasteiger partial charge in [0.15, 0.2) is 0 Å². The summed E-state index contributed by atoms with van der Waals surface area (Å²) < 4.78 is 0. The zero-order valence-electron chi connectivity index (χ0n) is 7.39. The first-order chi connectivity index (χ1) is 5.33. The van der Waals surface area contributed by atoms with Gasteiger partial charge in [0.1, 0.15) is 0 Å². The molecule has 1 aliphatic rings. The van der Waals surface area contributed by atoms with Crippen molar-refractivity contribution < 1.29 is 0 Å². The van der Waals surface area contributed by atoms with Crippen LogP contribution in [-0.2, 0) is 0 Å². The van der Waals surface area contributed by atoms with Gasteiger partial charge >= 0.3 is 0 Å². The first-order valence-electron chi connectivity index (χ1n) is 4.32. The van der Waals surface area contributed by atoms with E-state index in [0.717, 1.165) is 0 Å². The Balaban J connectivity index is 2.35. The molecule has 0 aliphatic heterocycles. The smallest absolute Gasteiger partial charge is 0.00259 e. The molecular weight excluding hydrogens is 152 g/mol. The van der Waals surface area contributed by atoms with Crippen molar-refractivity contribution in [2.24, 2.45) is 0 Å². The van der Waals surface area contributed by atoms with Crippen LogP contribution < -0.4 is 0 Å². The van der Waals surface area contributed by atoms with E-state index >= 15 is 0 Å². The molecule has 0 saturated carbocycles. The lowest BCUT2D eigenvalue weighted by Gasteiger charge is -2.10. The van der Waals surface area contributed by atoms with Crippen molar-refractivity contribution >= 4 is 11.8 Å². The zero-order chi connectivity index (χ0) is 8.10. The third-order valence-corrected chi connectivity index (χ3v) is 3.13. The number of thioether (sulfide) groups is 1. The lowest BCUT2D eigenvalue weighted by Crippen LogP contribution is -1.88. The average Bonchev–Trinajstić information content (AvgIpc) is 2.04. The normalized spacial score (nSPS) is 17.6. The second-order valence-electron chi connectivity index (χ2n) is 2.99. The fraction of sp³-hybridized carbons (Fsp3) is 0.600. The Morgan fingerprint density at radius 1 is 1.36 bits per heavy atom. The van der Waals surface area contributed by atoms with Gasteiger partial charge in [0.05, 0.1) is 0 Å². The van der Waals surface area contributed by atoms with Gasteiger partial charge in [-0.1, -0.05) is 24.6 Å². The van der Waals surface area contributed by atoms with Crippen molar-refractivity contribution in [2.45, 2.75) is 33.1 Å². The van der Waals surface area contributed by atoms with Crippen LogP contribution >= 0.6 is 11.8 Å². The number of hydrogen-bond donors (Lipinski definition) is 0. The molecule has 0 N–H and O–H groups in total. The Morgan fingerprint density at radius 3 is 2.73 bits per heavy atom. The Morgan fingerprint density at radius 2 is 2.18 bits per heavy atom. The summed E-state index contributed by atoms with van der Waals surface area (Å²) in [4.78, 5) is 1.57. The predicted octanol–water partition coefficient (Wildman–Crippen LogP) is 3.75. The molecule has 0 aromatic heterocycles. The SMILES string of the molecule is CCCSC1=CC=C(C)CC1. The van der Waals surface area contributed by atoms with Gasteiger partial charge in [0, 0.05) is 0 Å². The molecule has 1 heteroatoms. The minimum Gasteiger partial charge on any atom is -0.131 e. The van der Waals surface area contributed by atoms with E-state index in [0.29, 0.717) is 0 Å². The van der Waals surface area contributed by atoms with E-state index in [9.17, 15) is 0 Å². The fourth-order valence-corrected chi connectivity index (χ4v) is 1.95. The molecule has 62 valence electrons. The van der Waals surface area contributed by atoms with Crippen molar-refractivity contribution in [3.8, 4) is 0 Å². The number of rotatable bonds is 3. The van der Waals surface area contributed by atoms with Crippen molar-refractivity contribution in [2.75, 3.05) is 5.75 Å². The van der Waals surface area contributed by atoms with Crippen LogP contribution in [0.15, 0.2) is 22.6 Å². The number of allylic oxidation sites excluding steroid dienone is 4. The Bertz CT molecular complexity index is 177. The molecule has 0 heterocycles. The molecule has 0 aromatic rings. The highest BCUT2D eigenvalue weighted by Crippen LogP contribution is 2.27. The van der Waals surface area contributed by atoms with Crippen molar-refractivity contribution in [3.05, 3.63) is 22.6 Å². The summed E-state index contributed by atoms with van der Waals surface area (Å²) in [5.41, 5.74) is 1.52. The molecule has 0 spiro atoms. The van der Waals surface area contributed by atoms with E-state index in [1.165, 1.54) is 30.6 Å². The minimum atomic E-state index is 1.27. The molecule has 0 radical (unpaired) electrons. The first kappa shape index (κ1) is 8.92. The van der Waals surface area contributed by atoms with Gasteiger partial charge in [-0.15, -0.1) is 11.8 Å². The van der Waals surface area contributed by atoms with Gasteiger partial charge in [0.25, 0.3) is 0 Å². The summed E-state index contributed by atoms with van der Waals surface area (Å²) in [6.45, 7) is 4.44. The van der Waals surface area contributed by atoms with Crippen LogP contribution in [0.25, 0.3) is 0 Å². The molecule has 0 saturated heterocycles. The predicted molar refractivity (Wildman–Crippen MR) is 53.8 cm³/mol. The molecule has 0 fully saturated rings. The molecular formula is C10H16S. The van der Waals surface area contributed by atoms with Gasteiger partial charge in [-0.2, -0.15) is 0 Å². The van der Waals surface area contributed by atoms with Crippen molar-refractivity contribution in [1.29, 1.82) is 0 Å². The van der Waals surface area contributed by atoms with Crippen LogP contribution in [0.5, 0.6) is 0 Å². The zero-order valence-corrected chi connectivity index (χ0v) is 8.21. The summed E-state index contributed by atoms with van der Waals surface area (Å²) in [5, 5.41) is 0. The molecule has 0 unspecified atom stereocenters. The second-order valence-corrected chi connectivity index (χ2v) is 4.22. The molecule has 1 aliphatic carbocycles. The third kappa shape index (κ3) is 3.15. The standard InChI is InChI=1S/C10H16S/c1-3-8-11-10-6-4-9(2)5-7-10/h4,6H,3,5,7-8H2,1-2H3. The lowest BCUT2D eigenvalue weighted by atomic mass is 10.1. The lowest BCUT2D eigenvalue weighted by molar-refractivity contribution is 0.948. The highest BCUT2D eigenvalue weighted by atomic mass is 32.2. The van der Waals surface area contributed by atoms with E-state index in [2.05, 4.69) is 26.0 Å². The molecule has 11 heavy (non-hydrogen) atoms. The summed E-state index contributed by atoms with van der Waals surface area (Å²) in [6, 6.07) is 0. The van der Waals surface area contributed by atoms with E-state index in [1.54, 1.807) is 4.91 Å². The van der Waals surface area contributed by atoms with Crippen LogP contribution in [0.3, 0.4) is 0 Å². The minimum absolute atomic E-state index is 1.27. The van der Waals surface area contributed by atoms with Gasteiger partial charge in [-0.3, -0.25) is 0 Å². The van der Waals surface area contributed by atoms with Crippen LogP contribution in [0.1, 0.15) is 33.1 Å². The molecule has 1 rings (SSSR count). The monoisotopic (exact) mass is 168 g/mol. The van der Waals surface area contributed by atoms with Crippen LogP contribution in [-0.4, -0.2) is 5.75 Å². The summed E-state index contributed by atoms with van der Waals surface area (Å²) in [6.07, 6.45) is 8.35. The van der Waals surface area contributed by atoms with Crippen molar-refractivity contribution in [3.63, 3.8) is 0 Å². The van der Waals surface area contributed by atoms with Gasteiger partial charge in [0.2, 0.25) is 0 Å². The molecule has 0 atom stereocenters. The fourth-order valence-electron chi connectivity index (χ4n) is 1.08.